The molecule has 0 fully saturated rings. The van der Waals surface area contributed by atoms with Crippen LogP contribution in [0, 0.1) is 11.3 Å². The Bertz CT molecular complexity index is 1040. The Morgan fingerprint density at radius 2 is 2.17 bits per heavy atom. The number of hydrogen-bond donors (Lipinski definition) is 0. The van der Waals surface area contributed by atoms with Gasteiger partial charge in [-0.25, -0.2) is 9.97 Å². The zero-order chi connectivity index (χ0) is 17.1. The van der Waals surface area contributed by atoms with Gasteiger partial charge >= 0.3 is 0 Å². The molecule has 1 aromatic carbocycles. The predicted molar refractivity (Wildman–Crippen MR) is 94.3 cm³/mol. The first kappa shape index (κ1) is 16.2. The van der Waals surface area contributed by atoms with Crippen molar-refractivity contribution in [3.63, 3.8) is 0 Å². The van der Waals surface area contributed by atoms with Crippen molar-refractivity contribution in [1.82, 2.24) is 14.5 Å². The molecule has 0 aliphatic carbocycles. The van der Waals surface area contributed by atoms with Gasteiger partial charge in [0.15, 0.2) is 5.16 Å². The molecule has 5 nitrogen and oxygen atoms in total. The molecule has 7 heteroatoms. The molecule has 0 bridgehead atoms. The highest BCUT2D eigenvalue weighted by Gasteiger charge is 2.13. The van der Waals surface area contributed by atoms with E-state index < -0.39 is 0 Å². The van der Waals surface area contributed by atoms with Crippen LogP contribution in [0.1, 0.15) is 5.69 Å². The Labute approximate surface area is 147 Å². The summed E-state index contributed by atoms with van der Waals surface area (Å²) < 4.78 is 1.52. The van der Waals surface area contributed by atoms with Crippen LogP contribution in [0.25, 0.3) is 10.9 Å². The first-order chi connectivity index (χ1) is 11.6. The molecule has 0 atom stereocenters. The van der Waals surface area contributed by atoms with Gasteiger partial charge in [0.1, 0.15) is 16.8 Å². The van der Waals surface area contributed by atoms with Gasteiger partial charge in [0.25, 0.3) is 5.56 Å². The smallest absolute Gasteiger partial charge is 0.262 e. The first-order valence-corrected chi connectivity index (χ1v) is 8.18. The van der Waals surface area contributed by atoms with Gasteiger partial charge in [0, 0.05) is 11.6 Å². The number of aromatic nitrogens is 3. The van der Waals surface area contributed by atoms with Gasteiger partial charge in [-0.2, -0.15) is 5.26 Å². The second-order valence-electron chi connectivity index (χ2n) is 4.84. The average molecular weight is 355 g/mol. The molecule has 2 heterocycles. The number of pyridine rings is 1. The summed E-state index contributed by atoms with van der Waals surface area (Å²) in [6.45, 7) is 4.01. The lowest BCUT2D eigenvalue weighted by Gasteiger charge is -2.11. The molecule has 0 unspecified atom stereocenters. The van der Waals surface area contributed by atoms with E-state index in [9.17, 15) is 4.79 Å². The zero-order valence-electron chi connectivity index (χ0n) is 12.4. The minimum atomic E-state index is -0.171. The van der Waals surface area contributed by atoms with Crippen molar-refractivity contribution in [3.8, 4) is 6.07 Å². The molecule has 0 spiro atoms. The van der Waals surface area contributed by atoms with Crippen molar-refractivity contribution < 1.29 is 0 Å². The quantitative estimate of drug-likeness (QED) is 0.528. The van der Waals surface area contributed by atoms with Crippen LogP contribution >= 0.6 is 23.4 Å². The third-order valence-electron chi connectivity index (χ3n) is 3.23. The maximum atomic E-state index is 12.7. The molecule has 0 saturated heterocycles. The van der Waals surface area contributed by atoms with E-state index in [1.54, 1.807) is 42.5 Å². The molecular formula is C17H11ClN4OS. The molecule has 0 N–H and O–H groups in total. The van der Waals surface area contributed by atoms with Gasteiger partial charge < -0.3 is 0 Å². The topological polar surface area (TPSA) is 71.6 Å². The van der Waals surface area contributed by atoms with Crippen molar-refractivity contribution in [2.24, 2.45) is 0 Å². The second-order valence-corrected chi connectivity index (χ2v) is 6.26. The highest BCUT2D eigenvalue weighted by molar-refractivity contribution is 7.99. The van der Waals surface area contributed by atoms with Crippen LogP contribution in [0.2, 0.25) is 5.02 Å². The van der Waals surface area contributed by atoms with Gasteiger partial charge in [-0.1, -0.05) is 23.7 Å². The summed E-state index contributed by atoms with van der Waals surface area (Å²) in [6.07, 6.45) is 1.63. The van der Waals surface area contributed by atoms with Crippen LogP contribution in [0.5, 0.6) is 0 Å². The Kier molecular flexibility index (Phi) is 4.65. The summed E-state index contributed by atoms with van der Waals surface area (Å²) in [5.41, 5.74) is 0.656. The van der Waals surface area contributed by atoms with E-state index in [0.29, 0.717) is 38.3 Å². The summed E-state index contributed by atoms with van der Waals surface area (Å²) in [5.74, 6) is 0. The van der Waals surface area contributed by atoms with E-state index in [2.05, 4.69) is 16.5 Å². The Hall–Kier alpha value is -2.62. The minimum absolute atomic E-state index is 0.171. The fourth-order valence-electron chi connectivity index (χ4n) is 2.17. The molecule has 2 aromatic heterocycles. The molecule has 0 aliphatic rings. The maximum absolute atomic E-state index is 12.7. The van der Waals surface area contributed by atoms with Crippen molar-refractivity contribution in [3.05, 3.63) is 70.1 Å². The summed E-state index contributed by atoms with van der Waals surface area (Å²) >= 11 is 7.22. The van der Waals surface area contributed by atoms with Crippen LogP contribution in [0.4, 0.5) is 0 Å². The molecule has 3 aromatic rings. The van der Waals surface area contributed by atoms with Crippen LogP contribution in [-0.2, 0) is 6.54 Å². The van der Waals surface area contributed by atoms with Crippen LogP contribution in [0.15, 0.2) is 64.0 Å². The summed E-state index contributed by atoms with van der Waals surface area (Å²) in [4.78, 5) is 21.5. The summed E-state index contributed by atoms with van der Waals surface area (Å²) in [7, 11) is 0. The van der Waals surface area contributed by atoms with E-state index in [0.717, 1.165) is 0 Å². The van der Waals surface area contributed by atoms with Crippen LogP contribution < -0.4 is 5.56 Å². The number of nitriles is 1. The van der Waals surface area contributed by atoms with E-state index >= 15 is 0 Å². The number of fused-ring (bicyclic) bond motifs is 1. The Balaban J connectivity index is 2.17. The number of halogens is 1. The predicted octanol–water partition coefficient (Wildman–Crippen LogP) is 3.65. The van der Waals surface area contributed by atoms with Crippen LogP contribution in [-0.4, -0.2) is 14.5 Å². The number of nitrogens with zero attached hydrogens (tertiary/aromatic N) is 4. The molecule has 0 radical (unpaired) electrons. The van der Waals surface area contributed by atoms with E-state index in [1.165, 1.54) is 16.3 Å². The molecule has 118 valence electrons. The van der Waals surface area contributed by atoms with Crippen molar-refractivity contribution >= 4 is 34.3 Å². The van der Waals surface area contributed by atoms with Crippen LogP contribution in [0.3, 0.4) is 0 Å². The van der Waals surface area contributed by atoms with Crippen molar-refractivity contribution in [1.29, 1.82) is 5.26 Å². The Morgan fingerprint density at radius 3 is 2.92 bits per heavy atom. The van der Waals surface area contributed by atoms with Gasteiger partial charge in [-0.3, -0.25) is 9.36 Å². The van der Waals surface area contributed by atoms with E-state index in [1.807, 2.05) is 6.07 Å². The lowest BCUT2D eigenvalue weighted by Crippen LogP contribution is -2.22. The zero-order valence-corrected chi connectivity index (χ0v) is 14.0. The molecule has 0 aliphatic heterocycles. The fourth-order valence-corrected chi connectivity index (χ4v) is 3.22. The highest BCUT2D eigenvalue weighted by Crippen LogP contribution is 2.26. The van der Waals surface area contributed by atoms with Gasteiger partial charge in [-0.05, 0) is 42.1 Å². The minimum Gasteiger partial charge on any atom is -0.283 e. The largest absolute Gasteiger partial charge is 0.283 e. The number of benzene rings is 1. The van der Waals surface area contributed by atoms with E-state index in [-0.39, 0.29) is 5.56 Å². The lowest BCUT2D eigenvalue weighted by atomic mass is 10.2. The third kappa shape index (κ3) is 3.18. The number of allylic oxidation sites excluding steroid dienone is 1. The molecule has 3 rings (SSSR count). The molecule has 0 saturated carbocycles. The molecule has 24 heavy (non-hydrogen) atoms. The van der Waals surface area contributed by atoms with Gasteiger partial charge in [0.05, 0.1) is 10.9 Å². The second kappa shape index (κ2) is 6.87. The van der Waals surface area contributed by atoms with E-state index in [4.69, 9.17) is 16.9 Å². The standard InChI is InChI=1S/C17H11ClN4OS/c1-2-8-22-16(23)13-7-6-11(18)9-14(13)21-17(22)24-15-5-3-4-12(10-19)20-15/h2-7,9H,1,8H2. The average Bonchev–Trinajstić information content (AvgIpc) is 2.58. The Morgan fingerprint density at radius 1 is 1.33 bits per heavy atom. The monoisotopic (exact) mass is 354 g/mol. The summed E-state index contributed by atoms with van der Waals surface area (Å²) in [5, 5.41) is 11.0. The highest BCUT2D eigenvalue weighted by atomic mass is 35.5. The molecular weight excluding hydrogens is 344 g/mol. The summed E-state index contributed by atoms with van der Waals surface area (Å²) in [6, 6.07) is 12.1. The molecule has 0 amide bonds. The first-order valence-electron chi connectivity index (χ1n) is 6.98. The fraction of sp³-hybridized carbons (Fsp3) is 0.0588. The van der Waals surface area contributed by atoms with Crippen molar-refractivity contribution in [2.45, 2.75) is 16.7 Å². The normalized spacial score (nSPS) is 10.5. The lowest BCUT2D eigenvalue weighted by molar-refractivity contribution is 0.671. The number of hydrogen-bond acceptors (Lipinski definition) is 5. The van der Waals surface area contributed by atoms with Gasteiger partial charge in [-0.15, -0.1) is 6.58 Å². The number of rotatable bonds is 4. The van der Waals surface area contributed by atoms with Crippen molar-refractivity contribution in [2.75, 3.05) is 0 Å². The third-order valence-corrected chi connectivity index (χ3v) is 4.39. The SMILES string of the molecule is C=CCn1c(Sc2cccc(C#N)n2)nc2cc(Cl)ccc2c1=O. The maximum Gasteiger partial charge on any atom is 0.262 e. The van der Waals surface area contributed by atoms with Gasteiger partial charge in [0.2, 0.25) is 0 Å².